The highest BCUT2D eigenvalue weighted by molar-refractivity contribution is 6.34. The Balaban J connectivity index is 2.29. The summed E-state index contributed by atoms with van der Waals surface area (Å²) in [5.41, 5.74) is 6.87. The minimum absolute atomic E-state index is 0.209. The number of pyridine rings is 1. The van der Waals surface area contributed by atoms with Gasteiger partial charge in [-0.2, -0.15) is 0 Å². The first-order valence-electron chi connectivity index (χ1n) is 5.85. The van der Waals surface area contributed by atoms with E-state index in [9.17, 15) is 0 Å². The third-order valence-corrected chi connectivity index (χ3v) is 3.19. The second-order valence-corrected chi connectivity index (χ2v) is 5.10. The molecule has 0 amide bonds. The highest BCUT2D eigenvalue weighted by Crippen LogP contribution is 2.32. The third kappa shape index (κ3) is 3.60. The fourth-order valence-corrected chi connectivity index (χ4v) is 2.05. The van der Waals surface area contributed by atoms with Crippen molar-refractivity contribution < 1.29 is 4.74 Å². The highest BCUT2D eigenvalue weighted by Gasteiger charge is 2.19. The first-order chi connectivity index (χ1) is 9.08. The van der Waals surface area contributed by atoms with Crippen LogP contribution in [0.15, 0.2) is 42.7 Å². The van der Waals surface area contributed by atoms with Crippen molar-refractivity contribution in [3.05, 3.63) is 58.3 Å². The van der Waals surface area contributed by atoms with Gasteiger partial charge in [0.15, 0.2) is 0 Å². The van der Waals surface area contributed by atoms with Crippen molar-refractivity contribution in [1.29, 1.82) is 0 Å². The molecule has 19 heavy (non-hydrogen) atoms. The lowest BCUT2D eigenvalue weighted by Crippen LogP contribution is -2.29. The van der Waals surface area contributed by atoms with Crippen LogP contribution in [0.1, 0.15) is 18.6 Å². The Morgan fingerprint density at radius 3 is 2.68 bits per heavy atom. The molecule has 2 unspecified atom stereocenters. The number of ether oxygens (including phenoxy) is 1. The second kappa shape index (κ2) is 6.24. The van der Waals surface area contributed by atoms with Crippen LogP contribution in [0.25, 0.3) is 0 Å². The van der Waals surface area contributed by atoms with Crippen LogP contribution < -0.4 is 10.5 Å². The molecule has 5 heteroatoms. The molecule has 0 bridgehead atoms. The van der Waals surface area contributed by atoms with Crippen LogP contribution >= 0.6 is 23.2 Å². The maximum atomic E-state index is 6.09. The number of hydrogen-bond donors (Lipinski definition) is 1. The Hall–Kier alpha value is -1.29. The molecule has 3 nitrogen and oxygen atoms in total. The summed E-state index contributed by atoms with van der Waals surface area (Å²) in [7, 11) is 0. The van der Waals surface area contributed by atoms with Crippen LogP contribution in [-0.4, -0.2) is 11.0 Å². The molecule has 0 aliphatic carbocycles. The number of nitrogens with two attached hydrogens (primary N) is 1. The summed E-state index contributed by atoms with van der Waals surface area (Å²) < 4.78 is 5.89. The van der Waals surface area contributed by atoms with E-state index in [0.29, 0.717) is 15.8 Å². The van der Waals surface area contributed by atoms with Crippen molar-refractivity contribution >= 4 is 23.2 Å². The molecule has 0 saturated carbocycles. The number of aromatic nitrogens is 1. The van der Waals surface area contributed by atoms with Crippen molar-refractivity contribution in [2.24, 2.45) is 5.73 Å². The molecule has 1 aromatic heterocycles. The van der Waals surface area contributed by atoms with Crippen molar-refractivity contribution in [2.75, 3.05) is 0 Å². The molecule has 2 aromatic rings. The molecule has 100 valence electrons. The first kappa shape index (κ1) is 14.1. The van der Waals surface area contributed by atoms with E-state index >= 15 is 0 Å². The van der Waals surface area contributed by atoms with Gasteiger partial charge in [-0.1, -0.05) is 29.3 Å². The lowest BCUT2D eigenvalue weighted by Gasteiger charge is -2.23. The van der Waals surface area contributed by atoms with Crippen molar-refractivity contribution in [3.63, 3.8) is 0 Å². The number of hydrogen-bond acceptors (Lipinski definition) is 3. The Morgan fingerprint density at radius 2 is 2.05 bits per heavy atom. The summed E-state index contributed by atoms with van der Waals surface area (Å²) in [6.07, 6.45) is 3.10. The molecular weight excluding hydrogens is 283 g/mol. The Morgan fingerprint density at radius 1 is 1.26 bits per heavy atom. The predicted molar refractivity (Wildman–Crippen MR) is 77.7 cm³/mol. The fourth-order valence-electron chi connectivity index (χ4n) is 1.73. The normalized spacial score (nSPS) is 13.9. The summed E-state index contributed by atoms with van der Waals surface area (Å²) in [6, 6.07) is 8.63. The SMILES string of the molecule is CC(N)C(Oc1cc(Cl)ccc1Cl)c1cccnc1. The van der Waals surface area contributed by atoms with Crippen LogP contribution in [0.2, 0.25) is 10.0 Å². The molecule has 2 N–H and O–H groups in total. The first-order valence-corrected chi connectivity index (χ1v) is 6.60. The highest BCUT2D eigenvalue weighted by atomic mass is 35.5. The largest absolute Gasteiger partial charge is 0.482 e. The van der Waals surface area contributed by atoms with Gasteiger partial charge in [-0.15, -0.1) is 0 Å². The minimum Gasteiger partial charge on any atom is -0.482 e. The minimum atomic E-state index is -0.329. The van der Waals surface area contributed by atoms with Gasteiger partial charge < -0.3 is 10.5 Å². The maximum absolute atomic E-state index is 6.09. The van der Waals surface area contributed by atoms with Crippen LogP contribution in [0.4, 0.5) is 0 Å². The van der Waals surface area contributed by atoms with Gasteiger partial charge >= 0.3 is 0 Å². The molecule has 0 aliphatic rings. The van der Waals surface area contributed by atoms with Crippen molar-refractivity contribution in [1.82, 2.24) is 4.98 Å². The zero-order valence-corrected chi connectivity index (χ0v) is 11.9. The van der Waals surface area contributed by atoms with Crippen LogP contribution in [0, 0.1) is 0 Å². The van der Waals surface area contributed by atoms with E-state index in [1.807, 2.05) is 19.1 Å². The van der Waals surface area contributed by atoms with Gasteiger partial charge in [-0.25, -0.2) is 0 Å². The molecule has 0 saturated heterocycles. The van der Waals surface area contributed by atoms with Crippen LogP contribution in [0.5, 0.6) is 5.75 Å². The van der Waals surface area contributed by atoms with Crippen molar-refractivity contribution in [2.45, 2.75) is 19.1 Å². The van der Waals surface area contributed by atoms with E-state index in [1.54, 1.807) is 30.6 Å². The Kier molecular flexibility index (Phi) is 4.64. The monoisotopic (exact) mass is 296 g/mol. The topological polar surface area (TPSA) is 48.1 Å². The van der Waals surface area contributed by atoms with Gasteiger partial charge in [-0.3, -0.25) is 4.98 Å². The molecule has 0 aliphatic heterocycles. The summed E-state index contributed by atoms with van der Waals surface area (Å²) in [6.45, 7) is 1.87. The van der Waals surface area contributed by atoms with E-state index in [0.717, 1.165) is 5.56 Å². The third-order valence-electron chi connectivity index (χ3n) is 2.64. The van der Waals surface area contributed by atoms with E-state index in [2.05, 4.69) is 4.98 Å². The van der Waals surface area contributed by atoms with Gasteiger partial charge in [-0.05, 0) is 25.1 Å². The lowest BCUT2D eigenvalue weighted by molar-refractivity contribution is 0.180. The van der Waals surface area contributed by atoms with E-state index in [4.69, 9.17) is 33.7 Å². The molecule has 0 radical (unpaired) electrons. The Bertz CT molecular complexity index is 546. The van der Waals surface area contributed by atoms with E-state index in [-0.39, 0.29) is 12.1 Å². The molecule has 1 heterocycles. The zero-order valence-electron chi connectivity index (χ0n) is 10.4. The van der Waals surface area contributed by atoms with Crippen LogP contribution in [-0.2, 0) is 0 Å². The van der Waals surface area contributed by atoms with Gasteiger partial charge in [0.05, 0.1) is 5.02 Å². The van der Waals surface area contributed by atoms with E-state index < -0.39 is 0 Å². The summed E-state index contributed by atoms with van der Waals surface area (Å²) >= 11 is 12.0. The van der Waals surface area contributed by atoms with E-state index in [1.165, 1.54) is 0 Å². The van der Waals surface area contributed by atoms with Crippen molar-refractivity contribution in [3.8, 4) is 5.75 Å². The number of halogens is 2. The molecule has 2 atom stereocenters. The fraction of sp³-hybridized carbons (Fsp3) is 0.214. The molecular formula is C14H14Cl2N2O. The lowest BCUT2D eigenvalue weighted by atomic mass is 10.1. The maximum Gasteiger partial charge on any atom is 0.140 e. The summed E-state index contributed by atoms with van der Waals surface area (Å²) in [4.78, 5) is 4.07. The smallest absolute Gasteiger partial charge is 0.140 e. The van der Waals surface area contributed by atoms with Gasteiger partial charge in [0.2, 0.25) is 0 Å². The predicted octanol–water partition coefficient (Wildman–Crippen LogP) is 3.86. The quantitative estimate of drug-likeness (QED) is 0.932. The van der Waals surface area contributed by atoms with Gasteiger partial charge in [0, 0.05) is 35.1 Å². The van der Waals surface area contributed by atoms with Gasteiger partial charge in [0.25, 0.3) is 0 Å². The number of nitrogens with zero attached hydrogens (tertiary/aromatic N) is 1. The van der Waals surface area contributed by atoms with Gasteiger partial charge in [0.1, 0.15) is 11.9 Å². The average Bonchev–Trinajstić information content (AvgIpc) is 2.40. The molecule has 0 fully saturated rings. The number of benzene rings is 1. The molecule has 1 aromatic carbocycles. The standard InChI is InChI=1S/C14H14Cl2N2O/c1-9(17)14(10-3-2-6-18-8-10)19-13-7-11(15)4-5-12(13)16/h2-9,14H,17H2,1H3. The molecule has 2 rings (SSSR count). The van der Waals surface area contributed by atoms with Crippen LogP contribution in [0.3, 0.4) is 0 Å². The average molecular weight is 297 g/mol. The zero-order chi connectivity index (χ0) is 13.8. The number of rotatable bonds is 4. The Labute approximate surface area is 122 Å². The summed E-state index contributed by atoms with van der Waals surface area (Å²) in [5, 5.41) is 1.06. The molecule has 0 spiro atoms. The summed E-state index contributed by atoms with van der Waals surface area (Å²) in [5.74, 6) is 0.514. The second-order valence-electron chi connectivity index (χ2n) is 4.26.